The molecule has 1 atom stereocenters. The van der Waals surface area contributed by atoms with Crippen molar-refractivity contribution in [2.45, 2.75) is 33.2 Å². The minimum Gasteiger partial charge on any atom is -0.306 e. The summed E-state index contributed by atoms with van der Waals surface area (Å²) in [6.07, 6.45) is 1.04. The van der Waals surface area contributed by atoms with Gasteiger partial charge in [0, 0.05) is 0 Å². The van der Waals surface area contributed by atoms with Crippen LogP contribution in [0.4, 0.5) is 4.39 Å². The molecular formula is C18H21ClFN. The van der Waals surface area contributed by atoms with Crippen molar-refractivity contribution in [1.82, 2.24) is 5.32 Å². The maximum Gasteiger partial charge on any atom is 0.141 e. The van der Waals surface area contributed by atoms with Gasteiger partial charge in [-0.2, -0.15) is 0 Å². The van der Waals surface area contributed by atoms with Crippen LogP contribution in [0.1, 0.15) is 41.6 Å². The molecule has 0 aliphatic heterocycles. The van der Waals surface area contributed by atoms with Gasteiger partial charge in [0.15, 0.2) is 0 Å². The number of nitrogens with one attached hydrogen (secondary N) is 1. The maximum atomic E-state index is 13.4. The molecule has 112 valence electrons. The van der Waals surface area contributed by atoms with Gasteiger partial charge >= 0.3 is 0 Å². The second-order valence-corrected chi connectivity index (χ2v) is 5.81. The highest BCUT2D eigenvalue weighted by Gasteiger charge is 2.15. The van der Waals surface area contributed by atoms with Crippen LogP contribution in [0.15, 0.2) is 36.4 Å². The van der Waals surface area contributed by atoms with E-state index in [0.717, 1.165) is 18.5 Å². The molecule has 0 amide bonds. The minimum atomic E-state index is -0.380. The molecule has 1 N–H and O–H groups in total. The van der Waals surface area contributed by atoms with Crippen LogP contribution < -0.4 is 5.32 Å². The van der Waals surface area contributed by atoms with Gasteiger partial charge in [-0.15, -0.1) is 0 Å². The summed E-state index contributed by atoms with van der Waals surface area (Å²) in [5.41, 5.74) is 4.68. The van der Waals surface area contributed by atoms with E-state index in [4.69, 9.17) is 11.6 Å². The molecule has 2 aromatic carbocycles. The zero-order chi connectivity index (χ0) is 15.4. The Kier molecular flexibility index (Phi) is 5.38. The van der Waals surface area contributed by atoms with Gasteiger partial charge in [0.25, 0.3) is 0 Å². The lowest BCUT2D eigenvalue weighted by Crippen LogP contribution is -2.23. The summed E-state index contributed by atoms with van der Waals surface area (Å²) < 4.78 is 13.4. The zero-order valence-corrected chi connectivity index (χ0v) is 13.5. The SMILES string of the molecule is CCCNC(c1ccc(C)c(C)c1)c1ccc(F)c(Cl)c1. The molecule has 2 aromatic rings. The van der Waals surface area contributed by atoms with Crippen molar-refractivity contribution in [2.24, 2.45) is 0 Å². The first-order valence-electron chi connectivity index (χ1n) is 7.28. The Morgan fingerprint density at radius 1 is 1.05 bits per heavy atom. The van der Waals surface area contributed by atoms with Gasteiger partial charge in [-0.3, -0.25) is 0 Å². The van der Waals surface area contributed by atoms with Crippen LogP contribution in [0, 0.1) is 19.7 Å². The van der Waals surface area contributed by atoms with Crippen molar-refractivity contribution in [1.29, 1.82) is 0 Å². The van der Waals surface area contributed by atoms with E-state index in [1.54, 1.807) is 12.1 Å². The molecule has 0 saturated heterocycles. The van der Waals surface area contributed by atoms with Crippen LogP contribution >= 0.6 is 11.6 Å². The standard InChI is InChI=1S/C18H21ClFN/c1-4-9-21-18(14-6-5-12(2)13(3)10-14)15-7-8-17(20)16(19)11-15/h5-8,10-11,18,21H,4,9H2,1-3H3. The van der Waals surface area contributed by atoms with E-state index < -0.39 is 0 Å². The molecule has 0 spiro atoms. The Hall–Kier alpha value is -1.38. The minimum absolute atomic E-state index is 0.0300. The predicted octanol–water partition coefficient (Wildman–Crippen LogP) is 5.18. The Morgan fingerprint density at radius 2 is 1.71 bits per heavy atom. The fourth-order valence-electron chi connectivity index (χ4n) is 2.35. The summed E-state index contributed by atoms with van der Waals surface area (Å²) in [6, 6.07) is 11.4. The van der Waals surface area contributed by atoms with Crippen molar-refractivity contribution < 1.29 is 4.39 Å². The molecule has 1 unspecified atom stereocenters. The fraction of sp³-hybridized carbons (Fsp3) is 0.333. The van der Waals surface area contributed by atoms with E-state index in [2.05, 4.69) is 44.3 Å². The van der Waals surface area contributed by atoms with Crippen LogP contribution in [-0.4, -0.2) is 6.54 Å². The molecule has 0 aromatic heterocycles. The van der Waals surface area contributed by atoms with Crippen molar-refractivity contribution >= 4 is 11.6 Å². The summed E-state index contributed by atoms with van der Waals surface area (Å²) in [5, 5.41) is 3.68. The zero-order valence-electron chi connectivity index (χ0n) is 12.7. The third-order valence-electron chi connectivity index (χ3n) is 3.74. The van der Waals surface area contributed by atoms with Crippen LogP contribution in [-0.2, 0) is 0 Å². The van der Waals surface area contributed by atoms with E-state index in [1.165, 1.54) is 22.8 Å². The highest BCUT2D eigenvalue weighted by Crippen LogP contribution is 2.27. The van der Waals surface area contributed by atoms with Crippen molar-refractivity contribution in [2.75, 3.05) is 6.54 Å². The quantitative estimate of drug-likeness (QED) is 0.802. The van der Waals surface area contributed by atoms with Crippen LogP contribution in [0.2, 0.25) is 5.02 Å². The number of hydrogen-bond donors (Lipinski definition) is 1. The van der Waals surface area contributed by atoms with Gasteiger partial charge in [0.2, 0.25) is 0 Å². The first-order valence-corrected chi connectivity index (χ1v) is 7.66. The van der Waals surface area contributed by atoms with E-state index in [-0.39, 0.29) is 16.9 Å². The topological polar surface area (TPSA) is 12.0 Å². The maximum absolute atomic E-state index is 13.4. The lowest BCUT2D eigenvalue weighted by molar-refractivity contribution is 0.593. The normalized spacial score (nSPS) is 12.4. The van der Waals surface area contributed by atoms with Crippen molar-refractivity contribution in [3.63, 3.8) is 0 Å². The number of halogens is 2. The summed E-state index contributed by atoms with van der Waals surface area (Å²) in [4.78, 5) is 0. The molecular weight excluding hydrogens is 285 g/mol. The third-order valence-corrected chi connectivity index (χ3v) is 4.03. The van der Waals surface area contributed by atoms with Gasteiger partial charge in [-0.05, 0) is 61.2 Å². The Balaban J connectivity index is 2.41. The Morgan fingerprint density at radius 3 is 2.33 bits per heavy atom. The highest BCUT2D eigenvalue weighted by molar-refractivity contribution is 6.30. The van der Waals surface area contributed by atoms with Gasteiger partial charge in [0.05, 0.1) is 11.1 Å². The summed E-state index contributed by atoms with van der Waals surface area (Å²) in [7, 11) is 0. The molecule has 2 rings (SSSR count). The molecule has 3 heteroatoms. The van der Waals surface area contributed by atoms with Crippen LogP contribution in [0.5, 0.6) is 0 Å². The molecule has 0 radical (unpaired) electrons. The molecule has 21 heavy (non-hydrogen) atoms. The number of benzene rings is 2. The fourth-order valence-corrected chi connectivity index (χ4v) is 2.54. The molecule has 0 saturated carbocycles. The number of aryl methyl sites for hydroxylation is 2. The molecule has 0 fully saturated rings. The second-order valence-electron chi connectivity index (χ2n) is 5.40. The van der Waals surface area contributed by atoms with Gasteiger partial charge in [-0.25, -0.2) is 4.39 Å². The molecule has 0 heterocycles. The largest absolute Gasteiger partial charge is 0.306 e. The summed E-state index contributed by atoms with van der Waals surface area (Å²) in [5.74, 6) is -0.380. The van der Waals surface area contributed by atoms with Crippen molar-refractivity contribution in [3.8, 4) is 0 Å². The van der Waals surface area contributed by atoms with Gasteiger partial charge < -0.3 is 5.32 Å². The van der Waals surface area contributed by atoms with E-state index in [9.17, 15) is 4.39 Å². The highest BCUT2D eigenvalue weighted by atomic mass is 35.5. The van der Waals surface area contributed by atoms with E-state index in [0.29, 0.717) is 0 Å². The monoisotopic (exact) mass is 305 g/mol. The Labute approximate surface area is 131 Å². The van der Waals surface area contributed by atoms with E-state index >= 15 is 0 Å². The van der Waals surface area contributed by atoms with E-state index in [1.807, 2.05) is 0 Å². The lowest BCUT2D eigenvalue weighted by Gasteiger charge is -2.21. The molecule has 0 aliphatic rings. The molecule has 1 nitrogen and oxygen atoms in total. The van der Waals surface area contributed by atoms with Crippen molar-refractivity contribution in [3.05, 3.63) is 69.5 Å². The lowest BCUT2D eigenvalue weighted by atomic mass is 9.95. The smallest absolute Gasteiger partial charge is 0.141 e. The molecule has 0 aliphatic carbocycles. The number of hydrogen-bond acceptors (Lipinski definition) is 1. The predicted molar refractivity (Wildman–Crippen MR) is 87.5 cm³/mol. The number of rotatable bonds is 5. The van der Waals surface area contributed by atoms with Gasteiger partial charge in [-0.1, -0.05) is 42.8 Å². The second kappa shape index (κ2) is 7.06. The van der Waals surface area contributed by atoms with Gasteiger partial charge in [0.1, 0.15) is 5.82 Å². The first kappa shape index (κ1) is 16.0. The average molecular weight is 306 g/mol. The molecule has 0 bridgehead atoms. The Bertz CT molecular complexity index is 573. The third kappa shape index (κ3) is 3.84. The van der Waals surface area contributed by atoms with Crippen LogP contribution in [0.25, 0.3) is 0 Å². The van der Waals surface area contributed by atoms with Crippen LogP contribution in [0.3, 0.4) is 0 Å². The first-order chi connectivity index (χ1) is 10.0. The average Bonchev–Trinajstić information content (AvgIpc) is 2.46. The summed E-state index contributed by atoms with van der Waals surface area (Å²) in [6.45, 7) is 7.23. The summed E-state index contributed by atoms with van der Waals surface area (Å²) >= 11 is 5.93.